The Balaban J connectivity index is 1.54. The lowest BCUT2D eigenvalue weighted by Gasteiger charge is -2.16. The molecule has 0 aliphatic carbocycles. The number of aromatic amines is 1. The van der Waals surface area contributed by atoms with Crippen LogP contribution in [0.25, 0.3) is 10.9 Å². The van der Waals surface area contributed by atoms with Crippen molar-refractivity contribution in [1.82, 2.24) is 15.2 Å². The van der Waals surface area contributed by atoms with E-state index in [2.05, 4.69) is 10.3 Å². The Morgan fingerprint density at radius 2 is 2.26 bits per heavy atom. The van der Waals surface area contributed by atoms with Crippen LogP contribution in [0.1, 0.15) is 12.0 Å². The van der Waals surface area contributed by atoms with E-state index in [1.165, 1.54) is 17.0 Å². The van der Waals surface area contributed by atoms with Crippen LogP contribution in [0, 0.1) is 11.7 Å². The van der Waals surface area contributed by atoms with Crippen molar-refractivity contribution in [2.45, 2.75) is 12.8 Å². The molecular formula is C16H18FN3O3. The number of carbonyl (C=O) groups excluding carboxylic acids is 1. The number of likely N-dealkylation sites (tertiary alicyclic amines) is 1. The molecule has 2 heterocycles. The van der Waals surface area contributed by atoms with Crippen LogP contribution in [0.5, 0.6) is 0 Å². The molecule has 0 radical (unpaired) electrons. The molecule has 122 valence electrons. The highest BCUT2D eigenvalue weighted by Crippen LogP contribution is 2.20. The predicted octanol–water partition coefficient (Wildman–Crippen LogP) is 1.97. The van der Waals surface area contributed by atoms with Gasteiger partial charge in [0.05, 0.1) is 5.92 Å². The van der Waals surface area contributed by atoms with E-state index in [9.17, 15) is 14.0 Å². The van der Waals surface area contributed by atoms with Gasteiger partial charge in [0.1, 0.15) is 5.82 Å². The molecule has 2 aromatic rings. The maximum absolute atomic E-state index is 13.3. The van der Waals surface area contributed by atoms with Gasteiger partial charge in [-0.05, 0) is 36.6 Å². The molecule has 1 unspecified atom stereocenters. The molecule has 6 nitrogen and oxygen atoms in total. The Hall–Kier alpha value is -2.57. The van der Waals surface area contributed by atoms with Crippen LogP contribution >= 0.6 is 0 Å². The van der Waals surface area contributed by atoms with E-state index >= 15 is 0 Å². The molecule has 1 aliphatic heterocycles. The summed E-state index contributed by atoms with van der Waals surface area (Å²) in [6, 6.07) is 4.31. The number of carboxylic acid groups (broad SMARTS) is 1. The molecule has 1 fully saturated rings. The summed E-state index contributed by atoms with van der Waals surface area (Å²) in [5.41, 5.74) is 1.79. The molecule has 1 aliphatic rings. The molecule has 3 rings (SSSR count). The zero-order chi connectivity index (χ0) is 16.4. The Morgan fingerprint density at radius 1 is 1.43 bits per heavy atom. The molecule has 1 aromatic heterocycles. The third-order valence-corrected chi connectivity index (χ3v) is 4.22. The van der Waals surface area contributed by atoms with Crippen molar-refractivity contribution in [2.75, 3.05) is 19.6 Å². The second-order valence-electron chi connectivity index (χ2n) is 5.76. The number of fused-ring (bicyclic) bond motifs is 1. The van der Waals surface area contributed by atoms with Crippen LogP contribution in [0.3, 0.4) is 0 Å². The fourth-order valence-corrected chi connectivity index (χ4v) is 2.92. The number of aromatic nitrogens is 1. The number of hydrogen-bond donors (Lipinski definition) is 3. The van der Waals surface area contributed by atoms with E-state index in [-0.39, 0.29) is 18.4 Å². The van der Waals surface area contributed by atoms with Crippen molar-refractivity contribution in [1.29, 1.82) is 0 Å². The number of carbonyl (C=O) groups is 2. The number of nitrogens with one attached hydrogen (secondary N) is 2. The maximum Gasteiger partial charge on any atom is 0.317 e. The van der Waals surface area contributed by atoms with Crippen molar-refractivity contribution in [3.63, 3.8) is 0 Å². The van der Waals surface area contributed by atoms with E-state index in [0.29, 0.717) is 25.9 Å². The number of nitrogens with zero attached hydrogens (tertiary/aromatic N) is 1. The van der Waals surface area contributed by atoms with E-state index in [1.54, 1.807) is 6.07 Å². The first-order valence-electron chi connectivity index (χ1n) is 7.55. The number of aliphatic carboxylic acids is 1. The topological polar surface area (TPSA) is 85.4 Å². The smallest absolute Gasteiger partial charge is 0.317 e. The van der Waals surface area contributed by atoms with Gasteiger partial charge in [-0.25, -0.2) is 9.18 Å². The molecule has 0 saturated carbocycles. The monoisotopic (exact) mass is 319 g/mol. The second kappa shape index (κ2) is 6.28. The third-order valence-electron chi connectivity index (χ3n) is 4.22. The second-order valence-corrected chi connectivity index (χ2v) is 5.76. The number of hydrogen-bond acceptors (Lipinski definition) is 2. The van der Waals surface area contributed by atoms with Gasteiger partial charge in [-0.2, -0.15) is 0 Å². The van der Waals surface area contributed by atoms with Gasteiger partial charge >= 0.3 is 12.0 Å². The fraction of sp³-hybridized carbons (Fsp3) is 0.375. The molecule has 2 amide bonds. The number of amides is 2. The molecule has 0 bridgehead atoms. The van der Waals surface area contributed by atoms with E-state index in [0.717, 1.165) is 16.5 Å². The quantitative estimate of drug-likeness (QED) is 0.805. The molecular weight excluding hydrogens is 301 g/mol. The summed E-state index contributed by atoms with van der Waals surface area (Å²) in [6.45, 7) is 1.12. The molecule has 1 aromatic carbocycles. The number of halogens is 1. The Labute approximate surface area is 132 Å². The minimum absolute atomic E-state index is 0.249. The normalized spacial score (nSPS) is 17.6. The maximum atomic E-state index is 13.3. The van der Waals surface area contributed by atoms with Crippen LogP contribution in [0.15, 0.2) is 24.4 Å². The molecule has 3 N–H and O–H groups in total. The lowest BCUT2D eigenvalue weighted by molar-refractivity contribution is -0.141. The van der Waals surface area contributed by atoms with Gasteiger partial charge in [0, 0.05) is 36.7 Å². The molecule has 7 heteroatoms. The predicted molar refractivity (Wildman–Crippen MR) is 82.7 cm³/mol. The van der Waals surface area contributed by atoms with Gasteiger partial charge in [-0.1, -0.05) is 0 Å². The zero-order valence-corrected chi connectivity index (χ0v) is 12.5. The van der Waals surface area contributed by atoms with Gasteiger partial charge < -0.3 is 20.3 Å². The summed E-state index contributed by atoms with van der Waals surface area (Å²) >= 11 is 0. The van der Waals surface area contributed by atoms with Crippen molar-refractivity contribution in [3.05, 3.63) is 35.8 Å². The first kappa shape index (κ1) is 15.3. The van der Waals surface area contributed by atoms with Crippen molar-refractivity contribution in [2.24, 2.45) is 5.92 Å². The van der Waals surface area contributed by atoms with Gasteiger partial charge in [-0.3, -0.25) is 4.79 Å². The average Bonchev–Trinajstić information content (AvgIpc) is 3.14. The lowest BCUT2D eigenvalue weighted by atomic mass is 10.1. The van der Waals surface area contributed by atoms with Crippen LogP contribution in [-0.4, -0.2) is 46.6 Å². The first-order chi connectivity index (χ1) is 11.0. The SMILES string of the molecule is O=C(O)C1CCN(C(=O)NCCc2c[nH]c3ccc(F)cc23)C1. The number of urea groups is 1. The minimum atomic E-state index is -0.860. The Bertz CT molecular complexity index is 743. The summed E-state index contributed by atoms with van der Waals surface area (Å²) in [4.78, 5) is 27.5. The van der Waals surface area contributed by atoms with E-state index in [4.69, 9.17) is 5.11 Å². The molecule has 1 saturated heterocycles. The zero-order valence-electron chi connectivity index (χ0n) is 12.5. The van der Waals surface area contributed by atoms with Gasteiger partial charge in [0.25, 0.3) is 0 Å². The van der Waals surface area contributed by atoms with Gasteiger partial charge in [-0.15, -0.1) is 0 Å². The van der Waals surface area contributed by atoms with Crippen molar-refractivity contribution in [3.8, 4) is 0 Å². The molecule has 0 spiro atoms. The molecule has 23 heavy (non-hydrogen) atoms. The van der Waals surface area contributed by atoms with Crippen LogP contribution in [0.4, 0.5) is 9.18 Å². The van der Waals surface area contributed by atoms with Crippen LogP contribution < -0.4 is 5.32 Å². The number of carboxylic acids is 1. The van der Waals surface area contributed by atoms with Crippen molar-refractivity contribution < 1.29 is 19.1 Å². The number of benzene rings is 1. The summed E-state index contributed by atoms with van der Waals surface area (Å²) < 4.78 is 13.3. The summed E-state index contributed by atoms with van der Waals surface area (Å²) in [5.74, 6) is -1.63. The van der Waals surface area contributed by atoms with Gasteiger partial charge in [0.15, 0.2) is 0 Å². The van der Waals surface area contributed by atoms with Crippen LogP contribution in [0.2, 0.25) is 0 Å². The highest BCUT2D eigenvalue weighted by atomic mass is 19.1. The Morgan fingerprint density at radius 3 is 3.00 bits per heavy atom. The lowest BCUT2D eigenvalue weighted by Crippen LogP contribution is -2.39. The molecule has 1 atom stereocenters. The number of H-pyrrole nitrogens is 1. The third kappa shape index (κ3) is 3.28. The average molecular weight is 319 g/mol. The first-order valence-corrected chi connectivity index (χ1v) is 7.55. The van der Waals surface area contributed by atoms with Gasteiger partial charge in [0.2, 0.25) is 0 Å². The van der Waals surface area contributed by atoms with E-state index in [1.807, 2.05) is 6.20 Å². The van der Waals surface area contributed by atoms with Crippen LogP contribution in [-0.2, 0) is 11.2 Å². The highest BCUT2D eigenvalue weighted by molar-refractivity contribution is 5.83. The summed E-state index contributed by atoms with van der Waals surface area (Å²) in [7, 11) is 0. The standard InChI is InChI=1S/C16H18FN3O3/c17-12-1-2-14-13(7-12)10(8-19-14)3-5-18-16(23)20-6-4-11(9-20)15(21)22/h1-2,7-8,11,19H,3-6,9H2,(H,18,23)(H,21,22). The Kier molecular flexibility index (Phi) is 4.18. The largest absolute Gasteiger partial charge is 0.481 e. The van der Waals surface area contributed by atoms with Crippen molar-refractivity contribution >= 4 is 22.9 Å². The van der Waals surface area contributed by atoms with E-state index < -0.39 is 11.9 Å². The summed E-state index contributed by atoms with van der Waals surface area (Å²) in [6.07, 6.45) is 2.88. The fourth-order valence-electron chi connectivity index (χ4n) is 2.92. The summed E-state index contributed by atoms with van der Waals surface area (Å²) in [5, 5.41) is 12.5. The minimum Gasteiger partial charge on any atom is -0.481 e. The number of rotatable bonds is 4. The highest BCUT2D eigenvalue weighted by Gasteiger charge is 2.30.